The van der Waals surface area contributed by atoms with Crippen molar-refractivity contribution < 1.29 is 9.47 Å². The molecule has 0 aliphatic carbocycles. The Balaban J connectivity index is 3.16. The molecule has 4 nitrogen and oxygen atoms in total. The molecule has 4 heteroatoms. The summed E-state index contributed by atoms with van der Waals surface area (Å²) in [6.07, 6.45) is 1.88. The van der Waals surface area contributed by atoms with Crippen LogP contribution in [-0.4, -0.2) is 33.9 Å². The molecule has 0 spiro atoms. The highest BCUT2D eigenvalue weighted by atomic mass is 16.5. The summed E-state index contributed by atoms with van der Waals surface area (Å²) >= 11 is 0. The van der Waals surface area contributed by atoms with Crippen LogP contribution in [0, 0.1) is 0 Å². The number of methoxy groups -OCH3 is 2. The molecule has 0 bridgehead atoms. The summed E-state index contributed by atoms with van der Waals surface area (Å²) in [5, 5.41) is 0. The third-order valence-electron chi connectivity index (χ3n) is 2.97. The van der Waals surface area contributed by atoms with Gasteiger partial charge in [-0.3, -0.25) is 0 Å². The van der Waals surface area contributed by atoms with Gasteiger partial charge in [0.05, 0.1) is 13.7 Å². The largest absolute Gasteiger partial charge is 0.496 e. The van der Waals surface area contributed by atoms with Crippen LogP contribution >= 0.6 is 0 Å². The van der Waals surface area contributed by atoms with Gasteiger partial charge < -0.3 is 20.1 Å². The van der Waals surface area contributed by atoms with Crippen LogP contribution in [0.25, 0.3) is 0 Å². The van der Waals surface area contributed by atoms with E-state index < -0.39 is 0 Å². The molecule has 0 saturated carbocycles. The fourth-order valence-corrected chi connectivity index (χ4v) is 2.11. The zero-order valence-electron chi connectivity index (χ0n) is 12.1. The van der Waals surface area contributed by atoms with Crippen LogP contribution in [0.1, 0.15) is 18.5 Å². The number of ether oxygens (including phenoxy) is 2. The van der Waals surface area contributed by atoms with Crippen LogP contribution in [0.3, 0.4) is 0 Å². The maximum atomic E-state index is 6.09. The van der Waals surface area contributed by atoms with Crippen molar-refractivity contribution in [1.82, 2.24) is 0 Å². The van der Waals surface area contributed by atoms with Gasteiger partial charge in [0.25, 0.3) is 0 Å². The Morgan fingerprint density at radius 2 is 2.16 bits per heavy atom. The van der Waals surface area contributed by atoms with E-state index in [1.165, 1.54) is 0 Å². The molecule has 1 rings (SSSR count). The van der Waals surface area contributed by atoms with E-state index in [4.69, 9.17) is 15.2 Å². The summed E-state index contributed by atoms with van der Waals surface area (Å²) in [5.41, 5.74) is 8.18. The second-order valence-electron chi connectivity index (χ2n) is 4.41. The van der Waals surface area contributed by atoms with Crippen molar-refractivity contribution in [2.75, 3.05) is 38.8 Å². The topological polar surface area (TPSA) is 47.7 Å². The molecule has 1 aromatic carbocycles. The van der Waals surface area contributed by atoms with Gasteiger partial charge in [0, 0.05) is 37.5 Å². The minimum absolute atomic E-state index is 0.0963. The minimum atomic E-state index is -0.0963. The Bertz CT molecular complexity index is 405. The van der Waals surface area contributed by atoms with Crippen LogP contribution < -0.4 is 15.4 Å². The van der Waals surface area contributed by atoms with Crippen molar-refractivity contribution >= 4 is 5.69 Å². The molecule has 0 saturated heterocycles. The summed E-state index contributed by atoms with van der Waals surface area (Å²) in [6.45, 7) is 7.96. The van der Waals surface area contributed by atoms with E-state index in [0.29, 0.717) is 6.61 Å². The number of hydrogen-bond acceptors (Lipinski definition) is 4. The average molecular weight is 264 g/mol. The number of hydrogen-bond donors (Lipinski definition) is 1. The molecule has 2 N–H and O–H groups in total. The molecule has 19 heavy (non-hydrogen) atoms. The Morgan fingerprint density at radius 1 is 1.42 bits per heavy atom. The molecular weight excluding hydrogens is 240 g/mol. The predicted octanol–water partition coefficient (Wildman–Crippen LogP) is 2.35. The van der Waals surface area contributed by atoms with Gasteiger partial charge in [-0.25, -0.2) is 0 Å². The predicted molar refractivity (Wildman–Crippen MR) is 79.9 cm³/mol. The summed E-state index contributed by atoms with van der Waals surface area (Å²) < 4.78 is 10.6. The molecule has 0 amide bonds. The van der Waals surface area contributed by atoms with E-state index in [9.17, 15) is 0 Å². The van der Waals surface area contributed by atoms with E-state index >= 15 is 0 Å². The van der Waals surface area contributed by atoms with Gasteiger partial charge in [-0.1, -0.05) is 12.1 Å². The van der Waals surface area contributed by atoms with Gasteiger partial charge in [0.2, 0.25) is 0 Å². The monoisotopic (exact) mass is 264 g/mol. The lowest BCUT2D eigenvalue weighted by molar-refractivity contribution is 0.205. The Hall–Kier alpha value is -1.52. The SMILES string of the molecule is C=CCN(CCOC)c1cccc(OC)c1[C@@H](C)N. The highest BCUT2D eigenvalue weighted by molar-refractivity contribution is 5.61. The van der Waals surface area contributed by atoms with Crippen LogP contribution in [0.2, 0.25) is 0 Å². The minimum Gasteiger partial charge on any atom is -0.496 e. The first-order valence-electron chi connectivity index (χ1n) is 6.43. The average Bonchev–Trinajstić information content (AvgIpc) is 2.42. The first-order valence-corrected chi connectivity index (χ1v) is 6.43. The molecule has 0 aromatic heterocycles. The van der Waals surface area contributed by atoms with Gasteiger partial charge in [0.15, 0.2) is 0 Å². The fraction of sp³-hybridized carbons (Fsp3) is 0.467. The number of benzene rings is 1. The molecule has 0 heterocycles. The van der Waals surface area contributed by atoms with Crippen LogP contribution in [-0.2, 0) is 4.74 Å². The van der Waals surface area contributed by atoms with Gasteiger partial charge in [-0.15, -0.1) is 6.58 Å². The van der Waals surface area contributed by atoms with Crippen LogP contribution in [0.5, 0.6) is 5.75 Å². The summed E-state index contributed by atoms with van der Waals surface area (Å²) in [5.74, 6) is 0.818. The zero-order chi connectivity index (χ0) is 14.3. The quantitative estimate of drug-likeness (QED) is 0.732. The lowest BCUT2D eigenvalue weighted by Gasteiger charge is -2.28. The summed E-state index contributed by atoms with van der Waals surface area (Å²) in [6, 6.07) is 5.87. The Kier molecular flexibility index (Phi) is 6.39. The summed E-state index contributed by atoms with van der Waals surface area (Å²) in [4.78, 5) is 2.19. The third kappa shape index (κ3) is 3.98. The zero-order valence-corrected chi connectivity index (χ0v) is 12.1. The number of nitrogens with two attached hydrogens (primary N) is 1. The summed E-state index contributed by atoms with van der Waals surface area (Å²) in [7, 11) is 3.36. The first kappa shape index (κ1) is 15.5. The highest BCUT2D eigenvalue weighted by Gasteiger charge is 2.17. The number of rotatable bonds is 8. The fourth-order valence-electron chi connectivity index (χ4n) is 2.11. The van der Waals surface area contributed by atoms with Crippen LogP contribution in [0.4, 0.5) is 5.69 Å². The second kappa shape index (κ2) is 7.81. The number of nitrogens with zero attached hydrogens (tertiary/aromatic N) is 1. The van der Waals surface area contributed by atoms with Crippen molar-refractivity contribution in [1.29, 1.82) is 0 Å². The normalized spacial score (nSPS) is 12.0. The van der Waals surface area contributed by atoms with Crippen molar-refractivity contribution in [3.8, 4) is 5.75 Å². The van der Waals surface area contributed by atoms with Crippen molar-refractivity contribution in [3.05, 3.63) is 36.4 Å². The van der Waals surface area contributed by atoms with E-state index in [1.807, 2.05) is 25.1 Å². The molecule has 0 aliphatic rings. The second-order valence-corrected chi connectivity index (χ2v) is 4.41. The van der Waals surface area contributed by atoms with Crippen LogP contribution in [0.15, 0.2) is 30.9 Å². The van der Waals surface area contributed by atoms with Crippen molar-refractivity contribution in [3.63, 3.8) is 0 Å². The molecule has 1 aromatic rings. The van der Waals surface area contributed by atoms with Crippen molar-refractivity contribution in [2.45, 2.75) is 13.0 Å². The lowest BCUT2D eigenvalue weighted by Crippen LogP contribution is -2.29. The Labute approximate surface area is 115 Å². The van der Waals surface area contributed by atoms with E-state index in [0.717, 1.165) is 30.1 Å². The molecule has 0 fully saturated rings. The maximum Gasteiger partial charge on any atom is 0.125 e. The van der Waals surface area contributed by atoms with Gasteiger partial charge in [0.1, 0.15) is 5.75 Å². The lowest BCUT2D eigenvalue weighted by atomic mass is 10.0. The van der Waals surface area contributed by atoms with E-state index in [-0.39, 0.29) is 6.04 Å². The molecule has 0 aliphatic heterocycles. The third-order valence-corrected chi connectivity index (χ3v) is 2.97. The van der Waals surface area contributed by atoms with E-state index in [1.54, 1.807) is 14.2 Å². The van der Waals surface area contributed by atoms with Crippen molar-refractivity contribution in [2.24, 2.45) is 5.73 Å². The standard InChI is InChI=1S/C15H24N2O2/c1-5-9-17(10-11-18-3)13-7-6-8-14(19-4)15(13)12(2)16/h5-8,12H,1,9-11,16H2,2-4H3/t12-/m1/s1. The molecular formula is C15H24N2O2. The maximum absolute atomic E-state index is 6.09. The van der Waals surface area contributed by atoms with Gasteiger partial charge >= 0.3 is 0 Å². The van der Waals surface area contributed by atoms with Gasteiger partial charge in [-0.05, 0) is 19.1 Å². The first-order chi connectivity index (χ1) is 9.15. The van der Waals surface area contributed by atoms with Gasteiger partial charge in [-0.2, -0.15) is 0 Å². The molecule has 0 unspecified atom stereocenters. The molecule has 1 atom stereocenters. The smallest absolute Gasteiger partial charge is 0.125 e. The Morgan fingerprint density at radius 3 is 2.68 bits per heavy atom. The molecule has 106 valence electrons. The molecule has 0 radical (unpaired) electrons. The highest BCUT2D eigenvalue weighted by Crippen LogP contribution is 2.33. The number of anilines is 1. The van der Waals surface area contributed by atoms with E-state index in [2.05, 4.69) is 17.5 Å².